The largest absolute Gasteiger partial charge is 0.312 e. The van der Waals surface area contributed by atoms with E-state index in [1.54, 1.807) is 0 Å². The first-order valence-corrected chi connectivity index (χ1v) is 6.70. The summed E-state index contributed by atoms with van der Waals surface area (Å²) in [6, 6.07) is 0.696. The molecule has 15 heavy (non-hydrogen) atoms. The van der Waals surface area contributed by atoms with Crippen LogP contribution in [0.2, 0.25) is 0 Å². The molecule has 1 saturated carbocycles. The van der Waals surface area contributed by atoms with Gasteiger partial charge in [-0.15, -0.1) is 0 Å². The molecule has 1 atom stereocenters. The van der Waals surface area contributed by atoms with Crippen LogP contribution in [0, 0.1) is 11.8 Å². The van der Waals surface area contributed by atoms with Gasteiger partial charge >= 0.3 is 0 Å². The van der Waals surface area contributed by atoms with Gasteiger partial charge in [0, 0.05) is 32.2 Å². The van der Waals surface area contributed by atoms with Crippen molar-refractivity contribution >= 4 is 0 Å². The van der Waals surface area contributed by atoms with E-state index < -0.39 is 0 Å². The van der Waals surface area contributed by atoms with Gasteiger partial charge in [0.25, 0.3) is 0 Å². The third-order valence-electron chi connectivity index (χ3n) is 4.10. The zero-order valence-corrected chi connectivity index (χ0v) is 10.3. The molecule has 1 saturated heterocycles. The topological polar surface area (TPSA) is 15.3 Å². The second-order valence-electron chi connectivity index (χ2n) is 5.74. The molecule has 1 aliphatic heterocycles. The number of nitrogens with zero attached hydrogens (tertiary/aromatic N) is 1. The Hall–Kier alpha value is -0.0800. The molecular weight excluding hydrogens is 184 g/mol. The van der Waals surface area contributed by atoms with E-state index in [9.17, 15) is 0 Å². The molecule has 0 aromatic heterocycles. The van der Waals surface area contributed by atoms with Crippen molar-refractivity contribution in [3.8, 4) is 0 Å². The molecule has 0 aromatic rings. The summed E-state index contributed by atoms with van der Waals surface area (Å²) in [6.45, 7) is 9.77. The van der Waals surface area contributed by atoms with Gasteiger partial charge in [0.05, 0.1) is 0 Å². The molecule has 0 unspecified atom stereocenters. The average Bonchev–Trinajstić information content (AvgIpc) is 2.22. The molecule has 0 bridgehead atoms. The fraction of sp³-hybridized carbons (Fsp3) is 1.00. The predicted molar refractivity (Wildman–Crippen MR) is 65.0 cm³/mol. The maximum absolute atomic E-state index is 3.51. The summed E-state index contributed by atoms with van der Waals surface area (Å²) in [5.41, 5.74) is 0. The van der Waals surface area contributed by atoms with E-state index in [1.807, 2.05) is 0 Å². The number of nitrogens with one attached hydrogen (secondary N) is 1. The standard InChI is InChI=1S/C13H26N2/c1-11-3-5-13(6-4-11)10-15-8-7-14-12(2)9-15/h11-14H,3-10H2,1-2H3/t11?,12-,13?/m0/s1. The third-order valence-corrected chi connectivity index (χ3v) is 4.10. The number of rotatable bonds is 2. The van der Waals surface area contributed by atoms with Crippen molar-refractivity contribution in [1.29, 1.82) is 0 Å². The Morgan fingerprint density at radius 2 is 1.87 bits per heavy atom. The second-order valence-corrected chi connectivity index (χ2v) is 5.74. The van der Waals surface area contributed by atoms with Gasteiger partial charge in [-0.25, -0.2) is 0 Å². The van der Waals surface area contributed by atoms with E-state index >= 15 is 0 Å². The number of piperazine rings is 1. The van der Waals surface area contributed by atoms with E-state index in [0.29, 0.717) is 6.04 Å². The summed E-state index contributed by atoms with van der Waals surface area (Å²) in [7, 11) is 0. The smallest absolute Gasteiger partial charge is 0.0167 e. The molecule has 88 valence electrons. The van der Waals surface area contributed by atoms with Crippen molar-refractivity contribution in [3.05, 3.63) is 0 Å². The van der Waals surface area contributed by atoms with Gasteiger partial charge in [0.1, 0.15) is 0 Å². The molecule has 0 amide bonds. The van der Waals surface area contributed by atoms with Gasteiger partial charge in [-0.1, -0.05) is 19.8 Å². The second kappa shape index (κ2) is 5.31. The molecule has 2 nitrogen and oxygen atoms in total. The van der Waals surface area contributed by atoms with Crippen LogP contribution in [-0.4, -0.2) is 37.1 Å². The van der Waals surface area contributed by atoms with E-state index in [2.05, 4.69) is 24.1 Å². The highest BCUT2D eigenvalue weighted by Crippen LogP contribution is 2.28. The van der Waals surface area contributed by atoms with Crippen LogP contribution in [0.1, 0.15) is 39.5 Å². The van der Waals surface area contributed by atoms with Crippen LogP contribution in [-0.2, 0) is 0 Å². The van der Waals surface area contributed by atoms with Gasteiger partial charge in [0.2, 0.25) is 0 Å². The van der Waals surface area contributed by atoms with Crippen molar-refractivity contribution in [3.63, 3.8) is 0 Å². The van der Waals surface area contributed by atoms with Gasteiger partial charge in [0.15, 0.2) is 0 Å². The highest BCUT2D eigenvalue weighted by atomic mass is 15.2. The molecular formula is C13H26N2. The Morgan fingerprint density at radius 1 is 1.13 bits per heavy atom. The minimum atomic E-state index is 0.696. The summed E-state index contributed by atoms with van der Waals surface area (Å²) in [5.74, 6) is 1.98. The fourth-order valence-electron chi connectivity index (χ4n) is 3.05. The van der Waals surface area contributed by atoms with E-state index in [4.69, 9.17) is 0 Å². The number of hydrogen-bond acceptors (Lipinski definition) is 2. The molecule has 1 N–H and O–H groups in total. The quantitative estimate of drug-likeness (QED) is 0.751. The fourth-order valence-corrected chi connectivity index (χ4v) is 3.05. The van der Waals surface area contributed by atoms with Crippen LogP contribution in [0.25, 0.3) is 0 Å². The Kier molecular flexibility index (Phi) is 4.04. The molecule has 0 aromatic carbocycles. The van der Waals surface area contributed by atoms with Crippen LogP contribution in [0.15, 0.2) is 0 Å². The van der Waals surface area contributed by atoms with Gasteiger partial charge < -0.3 is 10.2 Å². The van der Waals surface area contributed by atoms with E-state index in [1.165, 1.54) is 51.9 Å². The predicted octanol–water partition coefficient (Wildman–Crippen LogP) is 2.11. The highest BCUT2D eigenvalue weighted by Gasteiger charge is 2.22. The third kappa shape index (κ3) is 3.46. The van der Waals surface area contributed by atoms with Crippen molar-refractivity contribution in [1.82, 2.24) is 10.2 Å². The Balaban J connectivity index is 1.71. The lowest BCUT2D eigenvalue weighted by Gasteiger charge is -2.36. The molecule has 1 heterocycles. The summed E-state index contributed by atoms with van der Waals surface area (Å²) in [4.78, 5) is 2.67. The zero-order chi connectivity index (χ0) is 10.7. The van der Waals surface area contributed by atoms with Gasteiger partial charge in [-0.3, -0.25) is 0 Å². The monoisotopic (exact) mass is 210 g/mol. The SMILES string of the molecule is CC1CCC(CN2CCN[C@@H](C)C2)CC1. The Labute approximate surface area is 94.4 Å². The normalized spacial score (nSPS) is 39.2. The van der Waals surface area contributed by atoms with E-state index in [0.717, 1.165) is 11.8 Å². The summed E-state index contributed by atoms with van der Waals surface area (Å²) in [6.07, 6.45) is 5.87. The van der Waals surface area contributed by atoms with Crippen LogP contribution < -0.4 is 5.32 Å². The molecule has 2 aliphatic rings. The Morgan fingerprint density at radius 3 is 2.53 bits per heavy atom. The van der Waals surface area contributed by atoms with Crippen molar-refractivity contribution in [2.45, 2.75) is 45.6 Å². The van der Waals surface area contributed by atoms with E-state index in [-0.39, 0.29) is 0 Å². The minimum absolute atomic E-state index is 0.696. The van der Waals surface area contributed by atoms with Crippen LogP contribution >= 0.6 is 0 Å². The molecule has 0 spiro atoms. The van der Waals surface area contributed by atoms with Crippen molar-refractivity contribution in [2.75, 3.05) is 26.2 Å². The molecule has 2 heteroatoms. The van der Waals surface area contributed by atoms with Crippen LogP contribution in [0.5, 0.6) is 0 Å². The lowest BCUT2D eigenvalue weighted by atomic mass is 9.82. The zero-order valence-electron chi connectivity index (χ0n) is 10.3. The molecule has 1 aliphatic carbocycles. The first kappa shape index (κ1) is 11.4. The van der Waals surface area contributed by atoms with Crippen LogP contribution in [0.3, 0.4) is 0 Å². The summed E-state index contributed by atoms with van der Waals surface area (Å²) in [5, 5.41) is 3.51. The van der Waals surface area contributed by atoms with Crippen molar-refractivity contribution in [2.24, 2.45) is 11.8 Å². The summed E-state index contributed by atoms with van der Waals surface area (Å²) >= 11 is 0. The average molecular weight is 210 g/mol. The first-order chi connectivity index (χ1) is 7.24. The lowest BCUT2D eigenvalue weighted by Crippen LogP contribution is -2.50. The molecule has 0 radical (unpaired) electrons. The lowest BCUT2D eigenvalue weighted by molar-refractivity contribution is 0.151. The maximum Gasteiger partial charge on any atom is 0.0167 e. The first-order valence-electron chi connectivity index (χ1n) is 6.70. The molecule has 2 fully saturated rings. The van der Waals surface area contributed by atoms with Gasteiger partial charge in [-0.2, -0.15) is 0 Å². The summed E-state index contributed by atoms with van der Waals surface area (Å²) < 4.78 is 0. The van der Waals surface area contributed by atoms with Crippen molar-refractivity contribution < 1.29 is 0 Å². The maximum atomic E-state index is 3.51. The number of hydrogen-bond donors (Lipinski definition) is 1. The molecule has 2 rings (SSSR count). The van der Waals surface area contributed by atoms with Gasteiger partial charge in [-0.05, 0) is 31.6 Å². The minimum Gasteiger partial charge on any atom is -0.312 e. The Bertz CT molecular complexity index is 185. The van der Waals surface area contributed by atoms with Crippen LogP contribution in [0.4, 0.5) is 0 Å². The highest BCUT2D eigenvalue weighted by molar-refractivity contribution is 4.79.